The first-order valence-electron chi connectivity index (χ1n) is 9.48. The molecule has 0 fully saturated rings. The lowest BCUT2D eigenvalue weighted by Crippen LogP contribution is -2.17. The Morgan fingerprint density at radius 1 is 1.00 bits per heavy atom. The summed E-state index contributed by atoms with van der Waals surface area (Å²) in [6.07, 6.45) is 1.55. The van der Waals surface area contributed by atoms with E-state index < -0.39 is 0 Å². The topological polar surface area (TPSA) is 69.2 Å². The minimum absolute atomic E-state index is 0.293. The Morgan fingerprint density at radius 2 is 1.77 bits per heavy atom. The molecule has 1 N–H and O–H groups in total. The van der Waals surface area contributed by atoms with Gasteiger partial charge in [0.2, 0.25) is 0 Å². The zero-order valence-electron chi connectivity index (χ0n) is 16.3. The predicted molar refractivity (Wildman–Crippen MR) is 120 cm³/mol. The fourth-order valence-electron chi connectivity index (χ4n) is 2.87. The van der Waals surface area contributed by atoms with Gasteiger partial charge in [0.1, 0.15) is 25.6 Å². The second-order valence-electron chi connectivity index (χ2n) is 6.65. The molecule has 0 aromatic heterocycles. The summed E-state index contributed by atoms with van der Waals surface area (Å²) in [5, 5.41) is 5.12. The van der Waals surface area contributed by atoms with Gasteiger partial charge in [0.05, 0.1) is 6.21 Å². The number of nitrogens with one attached hydrogen (secondary N) is 1. The summed E-state index contributed by atoms with van der Waals surface area (Å²) in [4.78, 5) is 12.3. The number of hydrazone groups is 1. The molecule has 1 aliphatic rings. The number of carbonyl (C=O) groups is 1. The third kappa shape index (κ3) is 5.48. The van der Waals surface area contributed by atoms with Crippen LogP contribution in [0.4, 0.5) is 0 Å². The van der Waals surface area contributed by atoms with Crippen molar-refractivity contribution in [2.24, 2.45) is 5.10 Å². The minimum atomic E-state index is -0.332. The summed E-state index contributed by atoms with van der Waals surface area (Å²) in [6, 6.07) is 17.4. The molecule has 6 nitrogen and oxygen atoms in total. The van der Waals surface area contributed by atoms with Crippen molar-refractivity contribution in [2.75, 3.05) is 13.2 Å². The van der Waals surface area contributed by atoms with Crippen LogP contribution in [-0.2, 0) is 6.61 Å². The van der Waals surface area contributed by atoms with Crippen LogP contribution in [0.2, 0.25) is 10.0 Å². The molecule has 8 heteroatoms. The van der Waals surface area contributed by atoms with Gasteiger partial charge in [-0.05, 0) is 60.2 Å². The van der Waals surface area contributed by atoms with E-state index in [0.717, 1.165) is 11.1 Å². The molecule has 3 aromatic rings. The molecule has 0 saturated carbocycles. The molecule has 0 saturated heterocycles. The van der Waals surface area contributed by atoms with Gasteiger partial charge in [-0.1, -0.05) is 29.3 Å². The molecule has 4 rings (SSSR count). The fourth-order valence-corrected chi connectivity index (χ4v) is 3.34. The van der Waals surface area contributed by atoms with Crippen LogP contribution in [0.3, 0.4) is 0 Å². The smallest absolute Gasteiger partial charge is 0.271 e. The maximum absolute atomic E-state index is 12.3. The average molecular weight is 457 g/mol. The van der Waals surface area contributed by atoms with E-state index >= 15 is 0 Å². The Morgan fingerprint density at radius 3 is 2.55 bits per heavy atom. The number of carbonyl (C=O) groups excluding carboxylic acids is 1. The number of hydrogen-bond acceptors (Lipinski definition) is 5. The lowest BCUT2D eigenvalue weighted by molar-refractivity contribution is 0.0955. The van der Waals surface area contributed by atoms with Crippen LogP contribution < -0.4 is 19.6 Å². The first kappa shape index (κ1) is 21.0. The van der Waals surface area contributed by atoms with Gasteiger partial charge in [0, 0.05) is 21.2 Å². The quantitative estimate of drug-likeness (QED) is 0.413. The Labute approximate surface area is 189 Å². The first-order valence-corrected chi connectivity index (χ1v) is 10.2. The number of hydrogen-bond donors (Lipinski definition) is 1. The van der Waals surface area contributed by atoms with Gasteiger partial charge in [-0.25, -0.2) is 5.43 Å². The monoisotopic (exact) mass is 456 g/mol. The van der Waals surface area contributed by atoms with Gasteiger partial charge >= 0.3 is 0 Å². The molecule has 158 valence electrons. The van der Waals surface area contributed by atoms with Crippen LogP contribution in [0.1, 0.15) is 21.5 Å². The van der Waals surface area contributed by atoms with E-state index in [9.17, 15) is 4.79 Å². The van der Waals surface area contributed by atoms with Gasteiger partial charge in [-0.15, -0.1) is 0 Å². The largest absolute Gasteiger partial charge is 0.489 e. The van der Waals surface area contributed by atoms with Crippen molar-refractivity contribution >= 4 is 35.3 Å². The third-order valence-corrected chi connectivity index (χ3v) is 5.06. The number of ether oxygens (including phenoxy) is 3. The van der Waals surface area contributed by atoms with E-state index in [1.165, 1.54) is 0 Å². The maximum atomic E-state index is 12.3. The number of halogens is 2. The standard InChI is InChI=1S/C23H18Cl2N2O4/c24-18-5-2-17(20(25)12-18)14-31-19-6-3-16(4-7-19)23(28)27-26-13-15-1-8-21-22(11-15)30-10-9-29-21/h1-8,11-13H,9-10,14H2,(H,27,28)/b26-13-. The lowest BCUT2D eigenvalue weighted by atomic mass is 10.2. The van der Waals surface area contributed by atoms with E-state index in [0.29, 0.717) is 52.7 Å². The molecule has 1 amide bonds. The van der Waals surface area contributed by atoms with Crippen molar-refractivity contribution < 1.29 is 19.0 Å². The molecule has 31 heavy (non-hydrogen) atoms. The highest BCUT2D eigenvalue weighted by molar-refractivity contribution is 6.35. The molecule has 1 heterocycles. The fraction of sp³-hybridized carbons (Fsp3) is 0.130. The predicted octanol–water partition coefficient (Wildman–Crippen LogP) is 5.11. The Hall–Kier alpha value is -3.22. The van der Waals surface area contributed by atoms with Gasteiger partial charge < -0.3 is 14.2 Å². The molecule has 0 bridgehead atoms. The van der Waals surface area contributed by atoms with E-state index in [2.05, 4.69) is 10.5 Å². The number of amides is 1. The first-order chi connectivity index (χ1) is 15.1. The minimum Gasteiger partial charge on any atom is -0.489 e. The summed E-state index contributed by atoms with van der Waals surface area (Å²) in [7, 11) is 0. The van der Waals surface area contributed by atoms with Crippen molar-refractivity contribution in [3.63, 3.8) is 0 Å². The zero-order valence-corrected chi connectivity index (χ0v) is 17.8. The normalized spacial score (nSPS) is 12.6. The van der Waals surface area contributed by atoms with Crippen LogP contribution in [0, 0.1) is 0 Å². The molecule has 0 aliphatic carbocycles. The maximum Gasteiger partial charge on any atom is 0.271 e. The highest BCUT2D eigenvalue weighted by atomic mass is 35.5. The van der Waals surface area contributed by atoms with Gasteiger partial charge in [-0.3, -0.25) is 4.79 Å². The number of benzene rings is 3. The summed E-state index contributed by atoms with van der Waals surface area (Å²) in [6.45, 7) is 1.34. The molecular formula is C23H18Cl2N2O4. The van der Waals surface area contributed by atoms with Crippen LogP contribution >= 0.6 is 23.2 Å². The number of nitrogens with zero attached hydrogens (tertiary/aromatic N) is 1. The molecule has 3 aromatic carbocycles. The van der Waals surface area contributed by atoms with Crippen LogP contribution in [-0.4, -0.2) is 25.3 Å². The van der Waals surface area contributed by atoms with E-state index in [-0.39, 0.29) is 5.91 Å². The van der Waals surface area contributed by atoms with Crippen molar-refractivity contribution in [1.82, 2.24) is 5.43 Å². The highest BCUT2D eigenvalue weighted by Crippen LogP contribution is 2.30. The number of rotatable bonds is 6. The van der Waals surface area contributed by atoms with Crippen molar-refractivity contribution in [3.8, 4) is 17.2 Å². The van der Waals surface area contributed by atoms with Gasteiger partial charge in [-0.2, -0.15) is 5.10 Å². The Kier molecular flexibility index (Phi) is 6.60. The van der Waals surface area contributed by atoms with Crippen LogP contribution in [0.25, 0.3) is 0 Å². The Balaban J connectivity index is 1.31. The van der Waals surface area contributed by atoms with Gasteiger partial charge in [0.15, 0.2) is 11.5 Å². The van der Waals surface area contributed by atoms with E-state index in [1.54, 1.807) is 42.6 Å². The molecule has 1 aliphatic heterocycles. The van der Waals surface area contributed by atoms with Crippen LogP contribution in [0.5, 0.6) is 17.2 Å². The second kappa shape index (κ2) is 9.73. The van der Waals surface area contributed by atoms with Gasteiger partial charge in [0.25, 0.3) is 5.91 Å². The number of fused-ring (bicyclic) bond motifs is 1. The van der Waals surface area contributed by atoms with Crippen molar-refractivity contribution in [1.29, 1.82) is 0 Å². The van der Waals surface area contributed by atoms with E-state index in [1.807, 2.05) is 24.3 Å². The summed E-state index contributed by atoms with van der Waals surface area (Å²) >= 11 is 12.0. The molecule has 0 spiro atoms. The summed E-state index contributed by atoms with van der Waals surface area (Å²) in [5.41, 5.74) is 4.57. The van der Waals surface area contributed by atoms with Crippen molar-refractivity contribution in [2.45, 2.75) is 6.61 Å². The molecule has 0 unspecified atom stereocenters. The SMILES string of the molecule is O=C(N/N=C\c1ccc2c(c1)OCCO2)c1ccc(OCc2ccc(Cl)cc2Cl)cc1. The lowest BCUT2D eigenvalue weighted by Gasteiger charge is -2.18. The molecule has 0 radical (unpaired) electrons. The zero-order chi connectivity index (χ0) is 21.6. The molecule has 0 atom stereocenters. The summed E-state index contributed by atoms with van der Waals surface area (Å²) < 4.78 is 16.7. The van der Waals surface area contributed by atoms with E-state index in [4.69, 9.17) is 37.4 Å². The Bertz CT molecular complexity index is 1120. The second-order valence-corrected chi connectivity index (χ2v) is 7.49. The van der Waals surface area contributed by atoms with Crippen LogP contribution in [0.15, 0.2) is 65.8 Å². The average Bonchev–Trinajstić information content (AvgIpc) is 2.79. The molecular weight excluding hydrogens is 439 g/mol. The highest BCUT2D eigenvalue weighted by Gasteiger charge is 2.11. The summed E-state index contributed by atoms with van der Waals surface area (Å²) in [5.74, 6) is 1.65. The van der Waals surface area contributed by atoms with Crippen molar-refractivity contribution in [3.05, 3.63) is 87.4 Å². The third-order valence-electron chi connectivity index (χ3n) is 4.47.